The molecule has 8 nitrogen and oxygen atoms in total. The fourth-order valence-corrected chi connectivity index (χ4v) is 5.75. The smallest absolute Gasteiger partial charge is 0.233 e. The summed E-state index contributed by atoms with van der Waals surface area (Å²) in [6.07, 6.45) is 7.14. The molecule has 1 saturated carbocycles. The number of amides is 2. The van der Waals surface area contributed by atoms with Gasteiger partial charge in [0.2, 0.25) is 17.6 Å². The Morgan fingerprint density at radius 3 is 2.31 bits per heavy atom. The number of carbonyl (C=O) groups is 2. The van der Waals surface area contributed by atoms with E-state index in [9.17, 15) is 9.59 Å². The molecule has 3 aromatic rings. The van der Waals surface area contributed by atoms with E-state index in [1.165, 1.54) is 37.4 Å². The van der Waals surface area contributed by atoms with Crippen molar-refractivity contribution in [3.8, 4) is 11.6 Å². The Balaban J connectivity index is 1.18. The molecule has 0 radical (unpaired) electrons. The van der Waals surface area contributed by atoms with Gasteiger partial charge in [-0.2, -0.15) is 0 Å². The van der Waals surface area contributed by atoms with Crippen LogP contribution in [0, 0.1) is 5.92 Å². The molecule has 0 unspecified atom stereocenters. The molecule has 5 rings (SSSR count). The molecule has 1 aromatic carbocycles. The first kappa shape index (κ1) is 23.7. The Labute approximate surface area is 209 Å². The third-order valence-corrected chi connectivity index (χ3v) is 7.84. The molecule has 2 aromatic heterocycles. The molecular weight excluding hydrogens is 462 g/mol. The van der Waals surface area contributed by atoms with Crippen molar-refractivity contribution in [3.05, 3.63) is 54.3 Å². The fraction of sp³-hybridized carbons (Fsp3) is 0.462. The maximum absolute atomic E-state index is 13.0. The third-order valence-electron chi connectivity index (χ3n) is 6.89. The van der Waals surface area contributed by atoms with Crippen LogP contribution in [0.1, 0.15) is 37.7 Å². The van der Waals surface area contributed by atoms with E-state index in [0.717, 1.165) is 5.56 Å². The molecular formula is C26H31N5O3S. The molecule has 0 spiro atoms. The largest absolute Gasteiger partial charge is 0.461 e. The lowest BCUT2D eigenvalue weighted by Crippen LogP contribution is -2.51. The second kappa shape index (κ2) is 11.1. The van der Waals surface area contributed by atoms with Crippen molar-refractivity contribution in [3.63, 3.8) is 0 Å². The van der Waals surface area contributed by atoms with Crippen LogP contribution in [0.5, 0.6) is 0 Å². The van der Waals surface area contributed by atoms with Gasteiger partial charge in [0, 0.05) is 32.6 Å². The summed E-state index contributed by atoms with van der Waals surface area (Å²) >= 11 is 1.39. The van der Waals surface area contributed by atoms with E-state index in [1.54, 1.807) is 6.26 Å². The van der Waals surface area contributed by atoms with Gasteiger partial charge < -0.3 is 14.2 Å². The molecule has 1 saturated heterocycles. The molecule has 9 heteroatoms. The van der Waals surface area contributed by atoms with Crippen LogP contribution < -0.4 is 0 Å². The average molecular weight is 494 g/mol. The van der Waals surface area contributed by atoms with Gasteiger partial charge in [-0.25, -0.2) is 0 Å². The second-order valence-electron chi connectivity index (χ2n) is 9.26. The highest BCUT2D eigenvalue weighted by molar-refractivity contribution is 7.99. The first-order valence-corrected chi connectivity index (χ1v) is 13.4. The summed E-state index contributed by atoms with van der Waals surface area (Å²) in [4.78, 5) is 29.4. The van der Waals surface area contributed by atoms with Crippen LogP contribution in [0.25, 0.3) is 11.6 Å². The minimum Gasteiger partial charge on any atom is -0.461 e. The van der Waals surface area contributed by atoms with Gasteiger partial charge in [-0.05, 0) is 36.5 Å². The van der Waals surface area contributed by atoms with Gasteiger partial charge in [-0.3, -0.25) is 14.2 Å². The topological polar surface area (TPSA) is 84.5 Å². The highest BCUT2D eigenvalue weighted by atomic mass is 32.2. The first-order valence-electron chi connectivity index (χ1n) is 12.4. The van der Waals surface area contributed by atoms with Crippen molar-refractivity contribution in [2.75, 3.05) is 31.9 Å². The normalized spacial score (nSPS) is 16.7. The Morgan fingerprint density at radius 2 is 1.63 bits per heavy atom. The third kappa shape index (κ3) is 5.78. The molecule has 2 aliphatic rings. The summed E-state index contributed by atoms with van der Waals surface area (Å²) < 4.78 is 7.55. The number of thioether (sulfide) groups is 1. The molecule has 2 amide bonds. The summed E-state index contributed by atoms with van der Waals surface area (Å²) in [6, 6.07) is 13.8. The summed E-state index contributed by atoms with van der Waals surface area (Å²) in [5.41, 5.74) is 1.12. The van der Waals surface area contributed by atoms with Crippen molar-refractivity contribution in [1.82, 2.24) is 24.6 Å². The monoisotopic (exact) mass is 493 g/mol. The van der Waals surface area contributed by atoms with E-state index >= 15 is 0 Å². The van der Waals surface area contributed by atoms with Crippen LogP contribution >= 0.6 is 11.8 Å². The van der Waals surface area contributed by atoms with Gasteiger partial charge in [0.25, 0.3) is 0 Å². The first-order chi connectivity index (χ1) is 17.2. The molecule has 0 atom stereocenters. The van der Waals surface area contributed by atoms with Crippen molar-refractivity contribution in [2.24, 2.45) is 5.92 Å². The predicted molar refractivity (Wildman–Crippen MR) is 134 cm³/mol. The predicted octanol–water partition coefficient (Wildman–Crippen LogP) is 3.93. The standard InChI is InChI=1S/C26H31N5O3S/c32-23(17-20-7-4-5-8-20)29-12-14-30(15-13-29)24(33)19-35-26-28-27-25(22-11-6-16-34-22)31(26)18-21-9-2-1-3-10-21/h1-3,6,9-11,16,20H,4-5,7-8,12-15,17-19H2. The zero-order valence-corrected chi connectivity index (χ0v) is 20.7. The van der Waals surface area contributed by atoms with E-state index in [1.807, 2.05) is 44.7 Å². The van der Waals surface area contributed by atoms with Crippen molar-refractivity contribution in [1.29, 1.82) is 0 Å². The van der Waals surface area contributed by atoms with Gasteiger partial charge >= 0.3 is 0 Å². The Hall–Kier alpha value is -3.07. The van der Waals surface area contributed by atoms with Crippen LogP contribution in [0.3, 0.4) is 0 Å². The zero-order valence-electron chi connectivity index (χ0n) is 19.8. The van der Waals surface area contributed by atoms with Gasteiger partial charge in [0.1, 0.15) is 0 Å². The van der Waals surface area contributed by atoms with Gasteiger partial charge in [-0.1, -0.05) is 54.9 Å². The number of aromatic nitrogens is 3. The van der Waals surface area contributed by atoms with E-state index < -0.39 is 0 Å². The average Bonchev–Trinajstić information content (AvgIpc) is 3.66. The molecule has 1 aliphatic carbocycles. The van der Waals surface area contributed by atoms with Crippen LogP contribution in [-0.2, 0) is 16.1 Å². The molecule has 184 valence electrons. The lowest BCUT2D eigenvalue weighted by molar-refractivity contribution is -0.138. The second-order valence-corrected chi connectivity index (χ2v) is 10.2. The molecule has 35 heavy (non-hydrogen) atoms. The SMILES string of the molecule is O=C(CSc1nnc(-c2ccco2)n1Cc1ccccc1)N1CCN(C(=O)CC2CCCC2)CC1. The Morgan fingerprint density at radius 1 is 0.914 bits per heavy atom. The summed E-state index contributed by atoms with van der Waals surface area (Å²) in [5, 5.41) is 9.39. The molecule has 0 bridgehead atoms. The Kier molecular flexibility index (Phi) is 7.51. The van der Waals surface area contributed by atoms with E-state index in [2.05, 4.69) is 22.3 Å². The highest BCUT2D eigenvalue weighted by Crippen LogP contribution is 2.28. The Bertz CT molecular complexity index is 1120. The van der Waals surface area contributed by atoms with Crippen molar-refractivity contribution in [2.45, 2.75) is 43.8 Å². The number of benzene rings is 1. The van der Waals surface area contributed by atoms with Gasteiger partial charge in [-0.15, -0.1) is 10.2 Å². The number of nitrogens with zero attached hydrogens (tertiary/aromatic N) is 5. The molecule has 2 fully saturated rings. The molecule has 0 N–H and O–H groups in total. The van der Waals surface area contributed by atoms with Crippen LogP contribution in [-0.4, -0.2) is 68.3 Å². The summed E-state index contributed by atoms with van der Waals surface area (Å²) in [6.45, 7) is 3.00. The maximum Gasteiger partial charge on any atom is 0.233 e. The van der Waals surface area contributed by atoms with Crippen molar-refractivity contribution < 1.29 is 14.0 Å². The number of hydrogen-bond acceptors (Lipinski definition) is 6. The minimum atomic E-state index is 0.0618. The minimum absolute atomic E-state index is 0.0618. The number of hydrogen-bond donors (Lipinski definition) is 0. The maximum atomic E-state index is 13.0. The quantitative estimate of drug-likeness (QED) is 0.442. The van der Waals surface area contributed by atoms with E-state index in [4.69, 9.17) is 4.42 Å². The van der Waals surface area contributed by atoms with E-state index in [-0.39, 0.29) is 17.6 Å². The van der Waals surface area contributed by atoms with Crippen LogP contribution in [0.2, 0.25) is 0 Å². The highest BCUT2D eigenvalue weighted by Gasteiger charge is 2.27. The molecule has 3 heterocycles. The number of furan rings is 1. The van der Waals surface area contributed by atoms with Gasteiger partial charge in [0.05, 0.1) is 18.6 Å². The van der Waals surface area contributed by atoms with Crippen LogP contribution in [0.4, 0.5) is 0 Å². The van der Waals surface area contributed by atoms with Crippen molar-refractivity contribution >= 4 is 23.6 Å². The van der Waals surface area contributed by atoms with Gasteiger partial charge in [0.15, 0.2) is 10.9 Å². The fourth-order valence-electron chi connectivity index (χ4n) is 4.91. The number of rotatable bonds is 8. The molecule has 1 aliphatic heterocycles. The lowest BCUT2D eigenvalue weighted by atomic mass is 10.0. The van der Waals surface area contributed by atoms with Crippen LogP contribution in [0.15, 0.2) is 58.3 Å². The number of piperazine rings is 1. The van der Waals surface area contributed by atoms with E-state index in [0.29, 0.717) is 61.8 Å². The zero-order chi connectivity index (χ0) is 24.0. The summed E-state index contributed by atoms with van der Waals surface area (Å²) in [7, 11) is 0. The summed E-state index contributed by atoms with van der Waals surface area (Å²) in [5.74, 6) is 2.43. The number of carbonyl (C=O) groups excluding carboxylic acids is 2. The lowest BCUT2D eigenvalue weighted by Gasteiger charge is -2.35.